The first-order valence-corrected chi connectivity index (χ1v) is 5.52. The van der Waals surface area contributed by atoms with Gasteiger partial charge in [0.15, 0.2) is 0 Å². The molecule has 1 saturated carbocycles. The van der Waals surface area contributed by atoms with Crippen LogP contribution in [-0.2, 0) is 0 Å². The van der Waals surface area contributed by atoms with Gasteiger partial charge < -0.3 is 5.73 Å². The van der Waals surface area contributed by atoms with E-state index in [2.05, 4.69) is 11.1 Å². The Kier molecular flexibility index (Phi) is 7.73. The zero-order valence-corrected chi connectivity index (χ0v) is 11.0. The summed E-state index contributed by atoms with van der Waals surface area (Å²) in [6.07, 6.45) is 10.3. The van der Waals surface area contributed by atoms with Crippen LogP contribution in [0.3, 0.4) is 0 Å². The van der Waals surface area contributed by atoms with Crippen LogP contribution in [0.15, 0.2) is 24.5 Å². The molecule has 1 unspecified atom stereocenters. The van der Waals surface area contributed by atoms with Crippen LogP contribution in [0.1, 0.15) is 43.7 Å². The maximum absolute atomic E-state index is 6.13. The van der Waals surface area contributed by atoms with Gasteiger partial charge in [-0.05, 0) is 24.0 Å². The Morgan fingerprint density at radius 2 is 2.00 bits per heavy atom. The SMILES string of the molecule is Cl.Cl.NC(CC1CCCC1)c1cccnc1. The van der Waals surface area contributed by atoms with Crippen molar-refractivity contribution in [1.29, 1.82) is 0 Å². The lowest BCUT2D eigenvalue weighted by Gasteiger charge is -2.15. The molecule has 0 spiro atoms. The first-order valence-electron chi connectivity index (χ1n) is 5.52. The van der Waals surface area contributed by atoms with Crippen molar-refractivity contribution in [2.24, 2.45) is 11.7 Å². The maximum atomic E-state index is 6.13. The van der Waals surface area contributed by atoms with E-state index in [0.29, 0.717) is 0 Å². The molecule has 1 aromatic heterocycles. The fourth-order valence-electron chi connectivity index (χ4n) is 2.34. The van der Waals surface area contributed by atoms with E-state index in [4.69, 9.17) is 5.73 Å². The fourth-order valence-corrected chi connectivity index (χ4v) is 2.34. The Morgan fingerprint density at radius 3 is 2.56 bits per heavy atom. The second-order valence-electron chi connectivity index (χ2n) is 4.28. The van der Waals surface area contributed by atoms with Gasteiger partial charge in [0.25, 0.3) is 0 Å². The minimum atomic E-state index is 0. The third-order valence-corrected chi connectivity index (χ3v) is 3.17. The molecular formula is C12H20Cl2N2. The van der Waals surface area contributed by atoms with Gasteiger partial charge in [-0.3, -0.25) is 4.98 Å². The molecule has 1 fully saturated rings. The van der Waals surface area contributed by atoms with Crippen LogP contribution in [0, 0.1) is 5.92 Å². The molecule has 1 atom stereocenters. The van der Waals surface area contributed by atoms with Crippen molar-refractivity contribution >= 4 is 24.8 Å². The molecule has 0 bridgehead atoms. The molecule has 0 saturated heterocycles. The molecule has 92 valence electrons. The summed E-state index contributed by atoms with van der Waals surface area (Å²) in [4.78, 5) is 4.10. The topological polar surface area (TPSA) is 38.9 Å². The highest BCUT2D eigenvalue weighted by Crippen LogP contribution is 2.31. The Hall–Kier alpha value is -0.310. The van der Waals surface area contributed by atoms with E-state index in [1.54, 1.807) is 6.20 Å². The lowest BCUT2D eigenvalue weighted by Crippen LogP contribution is -2.14. The number of pyridine rings is 1. The van der Waals surface area contributed by atoms with Crippen molar-refractivity contribution < 1.29 is 0 Å². The van der Waals surface area contributed by atoms with Gasteiger partial charge in [0, 0.05) is 18.4 Å². The molecule has 2 nitrogen and oxygen atoms in total. The monoisotopic (exact) mass is 262 g/mol. The Morgan fingerprint density at radius 1 is 1.31 bits per heavy atom. The molecule has 0 aliphatic heterocycles. The highest BCUT2D eigenvalue weighted by Gasteiger charge is 2.18. The summed E-state index contributed by atoms with van der Waals surface area (Å²) in [6.45, 7) is 0. The number of hydrogen-bond acceptors (Lipinski definition) is 2. The summed E-state index contributed by atoms with van der Waals surface area (Å²) in [7, 11) is 0. The number of nitrogens with zero attached hydrogens (tertiary/aromatic N) is 1. The molecular weight excluding hydrogens is 243 g/mol. The first kappa shape index (κ1) is 15.7. The summed E-state index contributed by atoms with van der Waals surface area (Å²) >= 11 is 0. The van der Waals surface area contributed by atoms with E-state index in [1.165, 1.54) is 31.2 Å². The van der Waals surface area contributed by atoms with E-state index >= 15 is 0 Å². The van der Waals surface area contributed by atoms with E-state index in [-0.39, 0.29) is 30.9 Å². The minimum Gasteiger partial charge on any atom is -0.324 e. The van der Waals surface area contributed by atoms with Crippen LogP contribution in [0.4, 0.5) is 0 Å². The van der Waals surface area contributed by atoms with Gasteiger partial charge in [-0.15, -0.1) is 24.8 Å². The predicted octanol–water partition coefficient (Wildman–Crippen LogP) is 3.51. The molecule has 2 N–H and O–H groups in total. The number of nitrogens with two attached hydrogens (primary N) is 1. The molecule has 1 heterocycles. The second-order valence-corrected chi connectivity index (χ2v) is 4.28. The van der Waals surface area contributed by atoms with E-state index < -0.39 is 0 Å². The van der Waals surface area contributed by atoms with Crippen LogP contribution >= 0.6 is 24.8 Å². The number of halogens is 2. The molecule has 1 aliphatic carbocycles. The average Bonchev–Trinajstić information content (AvgIpc) is 2.72. The van der Waals surface area contributed by atoms with Crippen LogP contribution in [0.5, 0.6) is 0 Å². The third kappa shape index (κ3) is 4.28. The molecule has 4 heteroatoms. The zero-order valence-electron chi connectivity index (χ0n) is 9.34. The highest BCUT2D eigenvalue weighted by atomic mass is 35.5. The smallest absolute Gasteiger partial charge is 0.0315 e. The summed E-state index contributed by atoms with van der Waals surface area (Å²) in [5, 5.41) is 0. The quantitative estimate of drug-likeness (QED) is 0.906. The van der Waals surface area contributed by atoms with Gasteiger partial charge in [-0.2, -0.15) is 0 Å². The summed E-state index contributed by atoms with van der Waals surface area (Å²) in [5.41, 5.74) is 7.31. The lowest BCUT2D eigenvalue weighted by atomic mass is 9.95. The molecule has 1 aliphatic rings. The average molecular weight is 263 g/mol. The maximum Gasteiger partial charge on any atom is 0.0315 e. The van der Waals surface area contributed by atoms with Gasteiger partial charge in [0.2, 0.25) is 0 Å². The third-order valence-electron chi connectivity index (χ3n) is 3.17. The van der Waals surface area contributed by atoms with Gasteiger partial charge >= 0.3 is 0 Å². The first-order chi connectivity index (χ1) is 6.86. The standard InChI is InChI=1S/C12H18N2.2ClH/c13-12(8-10-4-1-2-5-10)11-6-3-7-14-9-11;;/h3,6-7,9-10,12H,1-2,4-5,8,13H2;2*1H. The predicted molar refractivity (Wildman–Crippen MR) is 72.2 cm³/mol. The molecule has 2 rings (SSSR count). The van der Waals surface area contributed by atoms with Gasteiger partial charge in [-0.25, -0.2) is 0 Å². The Balaban J connectivity index is 0.00000112. The number of hydrogen-bond donors (Lipinski definition) is 1. The van der Waals surface area contributed by atoms with Gasteiger partial charge in [0.05, 0.1) is 0 Å². The van der Waals surface area contributed by atoms with Crippen molar-refractivity contribution in [3.8, 4) is 0 Å². The van der Waals surface area contributed by atoms with Gasteiger partial charge in [0.1, 0.15) is 0 Å². The van der Waals surface area contributed by atoms with Crippen molar-refractivity contribution in [2.45, 2.75) is 38.1 Å². The van der Waals surface area contributed by atoms with Crippen LogP contribution < -0.4 is 5.73 Å². The lowest BCUT2D eigenvalue weighted by molar-refractivity contribution is 0.450. The summed E-state index contributed by atoms with van der Waals surface area (Å²) in [5.74, 6) is 0.852. The van der Waals surface area contributed by atoms with Crippen molar-refractivity contribution in [2.75, 3.05) is 0 Å². The van der Waals surface area contributed by atoms with Crippen LogP contribution in [0.2, 0.25) is 0 Å². The molecule has 16 heavy (non-hydrogen) atoms. The summed E-state index contributed by atoms with van der Waals surface area (Å²) in [6, 6.07) is 4.23. The number of rotatable bonds is 3. The van der Waals surface area contributed by atoms with Crippen LogP contribution in [-0.4, -0.2) is 4.98 Å². The summed E-state index contributed by atoms with van der Waals surface area (Å²) < 4.78 is 0. The van der Waals surface area contributed by atoms with Gasteiger partial charge in [-0.1, -0.05) is 31.7 Å². The van der Waals surface area contributed by atoms with Crippen LogP contribution in [0.25, 0.3) is 0 Å². The second kappa shape index (κ2) is 7.88. The molecule has 1 aromatic rings. The minimum absolute atomic E-state index is 0. The largest absolute Gasteiger partial charge is 0.324 e. The van der Waals surface area contributed by atoms with E-state index in [0.717, 1.165) is 12.3 Å². The Labute approximate surface area is 110 Å². The van der Waals surface area contributed by atoms with E-state index in [1.807, 2.05) is 12.3 Å². The molecule has 0 radical (unpaired) electrons. The number of aromatic nitrogens is 1. The zero-order chi connectivity index (χ0) is 9.80. The van der Waals surface area contributed by atoms with E-state index in [9.17, 15) is 0 Å². The molecule has 0 amide bonds. The molecule has 0 aromatic carbocycles. The normalized spacial score (nSPS) is 17.3. The fraction of sp³-hybridized carbons (Fsp3) is 0.583. The Bertz CT molecular complexity index is 274. The van der Waals surface area contributed by atoms with Crippen molar-refractivity contribution in [3.63, 3.8) is 0 Å². The van der Waals surface area contributed by atoms with Crippen molar-refractivity contribution in [1.82, 2.24) is 4.98 Å². The highest BCUT2D eigenvalue weighted by molar-refractivity contribution is 5.85. The van der Waals surface area contributed by atoms with Crippen molar-refractivity contribution in [3.05, 3.63) is 30.1 Å².